The maximum atomic E-state index is 11.7. The number of halogens is 1. The molecule has 3 rings (SSSR count). The van der Waals surface area contributed by atoms with Crippen LogP contribution in [0.5, 0.6) is 11.5 Å². The van der Waals surface area contributed by atoms with Gasteiger partial charge in [-0.05, 0) is 35.9 Å². The number of nitrogens with one attached hydrogen (secondary N) is 1. The van der Waals surface area contributed by atoms with E-state index in [0.717, 1.165) is 5.56 Å². The average Bonchev–Trinajstić information content (AvgIpc) is 2.63. The SMILES string of the molecule is COc1ccc([C@@H](NC(C)=O)c2cc(Cl)c3cccnc3c2O)cc1. The summed E-state index contributed by atoms with van der Waals surface area (Å²) < 4.78 is 5.17. The van der Waals surface area contributed by atoms with Gasteiger partial charge in [0.25, 0.3) is 0 Å². The lowest BCUT2D eigenvalue weighted by Gasteiger charge is -2.21. The third-order valence-corrected chi connectivity index (χ3v) is 4.27. The topological polar surface area (TPSA) is 71.5 Å². The number of nitrogens with zero attached hydrogens (tertiary/aromatic N) is 1. The summed E-state index contributed by atoms with van der Waals surface area (Å²) in [5, 5.41) is 14.7. The second kappa shape index (κ2) is 6.99. The third kappa shape index (κ3) is 3.37. The van der Waals surface area contributed by atoms with Crippen LogP contribution in [0.15, 0.2) is 48.7 Å². The zero-order valence-electron chi connectivity index (χ0n) is 13.8. The number of aromatic nitrogens is 1. The number of phenolic OH excluding ortho intramolecular Hbond substituents is 1. The number of fused-ring (bicyclic) bond motifs is 1. The molecule has 0 saturated carbocycles. The van der Waals surface area contributed by atoms with E-state index in [0.29, 0.717) is 27.2 Å². The van der Waals surface area contributed by atoms with Gasteiger partial charge in [0.15, 0.2) is 0 Å². The van der Waals surface area contributed by atoms with Crippen molar-refractivity contribution in [3.05, 3.63) is 64.8 Å². The first-order valence-electron chi connectivity index (χ1n) is 7.68. The monoisotopic (exact) mass is 356 g/mol. The highest BCUT2D eigenvalue weighted by Crippen LogP contribution is 2.38. The molecule has 0 aliphatic carbocycles. The zero-order valence-corrected chi connectivity index (χ0v) is 14.5. The van der Waals surface area contributed by atoms with Crippen LogP contribution in [0, 0.1) is 0 Å². The molecule has 1 amide bonds. The predicted octanol–water partition coefficient (Wildman–Crippen LogP) is 3.83. The highest BCUT2D eigenvalue weighted by molar-refractivity contribution is 6.35. The quantitative estimate of drug-likeness (QED) is 0.745. The summed E-state index contributed by atoms with van der Waals surface area (Å²) in [6, 6.07) is 11.9. The molecule has 0 aliphatic heterocycles. The van der Waals surface area contributed by atoms with Gasteiger partial charge in [-0.1, -0.05) is 23.7 Å². The van der Waals surface area contributed by atoms with E-state index in [1.165, 1.54) is 6.92 Å². The van der Waals surface area contributed by atoms with Gasteiger partial charge in [-0.15, -0.1) is 0 Å². The van der Waals surface area contributed by atoms with Crippen LogP contribution in [-0.4, -0.2) is 23.1 Å². The number of carbonyl (C=O) groups is 1. The molecule has 2 aromatic carbocycles. The number of methoxy groups -OCH3 is 1. The molecular formula is C19H17ClN2O3. The normalized spacial score (nSPS) is 12.0. The fraction of sp³-hybridized carbons (Fsp3) is 0.158. The molecular weight excluding hydrogens is 340 g/mol. The maximum absolute atomic E-state index is 11.7. The number of benzene rings is 2. The van der Waals surface area contributed by atoms with Crippen LogP contribution in [0.1, 0.15) is 24.1 Å². The van der Waals surface area contributed by atoms with Crippen LogP contribution in [0.4, 0.5) is 0 Å². The van der Waals surface area contributed by atoms with Crippen molar-refractivity contribution in [3.63, 3.8) is 0 Å². The van der Waals surface area contributed by atoms with Gasteiger partial charge >= 0.3 is 0 Å². The first-order valence-corrected chi connectivity index (χ1v) is 8.06. The van der Waals surface area contributed by atoms with E-state index in [1.807, 2.05) is 12.1 Å². The predicted molar refractivity (Wildman–Crippen MR) is 97.1 cm³/mol. The number of amides is 1. The van der Waals surface area contributed by atoms with Crippen LogP contribution in [0.3, 0.4) is 0 Å². The number of aromatic hydroxyl groups is 1. The van der Waals surface area contributed by atoms with Crippen molar-refractivity contribution in [2.45, 2.75) is 13.0 Å². The molecule has 0 spiro atoms. The molecule has 1 heterocycles. The Labute approximate surface area is 150 Å². The third-order valence-electron chi connectivity index (χ3n) is 3.95. The summed E-state index contributed by atoms with van der Waals surface area (Å²) in [6.07, 6.45) is 1.59. The van der Waals surface area contributed by atoms with Crippen LogP contribution in [-0.2, 0) is 4.79 Å². The van der Waals surface area contributed by atoms with Gasteiger partial charge in [-0.25, -0.2) is 0 Å². The molecule has 128 valence electrons. The largest absolute Gasteiger partial charge is 0.505 e. The number of rotatable bonds is 4. The molecule has 2 N–H and O–H groups in total. The van der Waals surface area contributed by atoms with Crippen molar-refractivity contribution in [2.75, 3.05) is 7.11 Å². The van der Waals surface area contributed by atoms with E-state index in [-0.39, 0.29) is 11.7 Å². The minimum absolute atomic E-state index is 0.00503. The summed E-state index contributed by atoms with van der Waals surface area (Å²) in [7, 11) is 1.58. The summed E-state index contributed by atoms with van der Waals surface area (Å²) in [5.41, 5.74) is 1.67. The van der Waals surface area contributed by atoms with Gasteiger partial charge < -0.3 is 15.2 Å². The van der Waals surface area contributed by atoms with E-state index in [2.05, 4.69) is 10.3 Å². The van der Waals surface area contributed by atoms with Gasteiger partial charge in [-0.2, -0.15) is 0 Å². The molecule has 0 unspecified atom stereocenters. The average molecular weight is 357 g/mol. The molecule has 25 heavy (non-hydrogen) atoms. The molecule has 0 fully saturated rings. The summed E-state index contributed by atoms with van der Waals surface area (Å²) >= 11 is 6.37. The Kier molecular flexibility index (Phi) is 4.76. The Morgan fingerprint density at radius 2 is 2.00 bits per heavy atom. The maximum Gasteiger partial charge on any atom is 0.217 e. The smallest absolute Gasteiger partial charge is 0.217 e. The number of phenols is 1. The number of carbonyl (C=O) groups excluding carboxylic acids is 1. The van der Waals surface area contributed by atoms with E-state index in [1.54, 1.807) is 43.6 Å². The molecule has 1 atom stereocenters. The van der Waals surface area contributed by atoms with Crippen molar-refractivity contribution >= 4 is 28.4 Å². The fourth-order valence-electron chi connectivity index (χ4n) is 2.77. The molecule has 6 heteroatoms. The van der Waals surface area contributed by atoms with Gasteiger partial charge in [0.05, 0.1) is 18.2 Å². The zero-order chi connectivity index (χ0) is 18.0. The molecule has 3 aromatic rings. The number of hydrogen-bond acceptors (Lipinski definition) is 4. The van der Waals surface area contributed by atoms with Crippen molar-refractivity contribution in [1.29, 1.82) is 0 Å². The van der Waals surface area contributed by atoms with Crippen molar-refractivity contribution in [2.24, 2.45) is 0 Å². The van der Waals surface area contributed by atoms with E-state index < -0.39 is 6.04 Å². The Balaban J connectivity index is 2.17. The molecule has 0 saturated heterocycles. The molecule has 0 bridgehead atoms. The van der Waals surface area contributed by atoms with Gasteiger partial charge in [-0.3, -0.25) is 9.78 Å². The number of pyridine rings is 1. The Morgan fingerprint density at radius 3 is 2.64 bits per heavy atom. The van der Waals surface area contributed by atoms with E-state index in [9.17, 15) is 9.90 Å². The van der Waals surface area contributed by atoms with E-state index in [4.69, 9.17) is 16.3 Å². The minimum Gasteiger partial charge on any atom is -0.505 e. The van der Waals surface area contributed by atoms with E-state index >= 15 is 0 Å². The summed E-state index contributed by atoms with van der Waals surface area (Å²) in [6.45, 7) is 1.43. The van der Waals surface area contributed by atoms with Crippen LogP contribution in [0.2, 0.25) is 5.02 Å². The highest BCUT2D eigenvalue weighted by Gasteiger charge is 2.22. The Morgan fingerprint density at radius 1 is 1.28 bits per heavy atom. The first kappa shape index (κ1) is 17.0. The number of hydrogen-bond donors (Lipinski definition) is 2. The summed E-state index contributed by atoms with van der Waals surface area (Å²) in [5.74, 6) is 0.472. The molecule has 0 radical (unpaired) electrons. The molecule has 1 aromatic heterocycles. The van der Waals surface area contributed by atoms with Gasteiger partial charge in [0.2, 0.25) is 5.91 Å². The van der Waals surface area contributed by atoms with Crippen LogP contribution < -0.4 is 10.1 Å². The lowest BCUT2D eigenvalue weighted by atomic mass is 9.96. The second-order valence-corrected chi connectivity index (χ2v) is 6.01. The lowest BCUT2D eigenvalue weighted by Crippen LogP contribution is -2.27. The standard InChI is InChI=1S/C19H17ClN2O3/c1-11(23)22-17(12-5-7-13(25-2)8-6-12)15-10-16(20)14-4-3-9-21-18(14)19(15)24/h3-10,17,24H,1-2H3,(H,22,23)/t17-/m1/s1. The Bertz CT molecular complexity index is 926. The molecule has 0 aliphatic rings. The fourth-order valence-corrected chi connectivity index (χ4v) is 3.04. The molecule has 5 nitrogen and oxygen atoms in total. The van der Waals surface area contributed by atoms with Crippen molar-refractivity contribution in [3.8, 4) is 11.5 Å². The first-order chi connectivity index (χ1) is 12.0. The van der Waals surface area contributed by atoms with Crippen LogP contribution in [0.25, 0.3) is 10.9 Å². The van der Waals surface area contributed by atoms with Crippen molar-refractivity contribution in [1.82, 2.24) is 10.3 Å². The van der Waals surface area contributed by atoms with Gasteiger partial charge in [0, 0.05) is 24.1 Å². The number of ether oxygens (including phenoxy) is 1. The Hall–Kier alpha value is -2.79. The van der Waals surface area contributed by atoms with Gasteiger partial charge in [0.1, 0.15) is 17.0 Å². The van der Waals surface area contributed by atoms with Crippen molar-refractivity contribution < 1.29 is 14.6 Å². The minimum atomic E-state index is -0.563. The van der Waals surface area contributed by atoms with Crippen LogP contribution >= 0.6 is 11.6 Å². The second-order valence-electron chi connectivity index (χ2n) is 5.60. The summed E-state index contributed by atoms with van der Waals surface area (Å²) in [4.78, 5) is 15.9. The lowest BCUT2D eigenvalue weighted by molar-refractivity contribution is -0.119. The highest BCUT2D eigenvalue weighted by atomic mass is 35.5.